The second kappa shape index (κ2) is 5.25. The van der Waals surface area contributed by atoms with Gasteiger partial charge in [0.25, 0.3) is 0 Å². The van der Waals surface area contributed by atoms with Gasteiger partial charge in [-0.3, -0.25) is 0 Å². The third-order valence-electron chi connectivity index (χ3n) is 3.82. The minimum Gasteiger partial charge on any atom is -0.308 e. The van der Waals surface area contributed by atoms with E-state index in [1.165, 1.54) is 34.4 Å². The lowest BCUT2D eigenvalue weighted by atomic mass is 10.1. The molecule has 0 saturated heterocycles. The van der Waals surface area contributed by atoms with Crippen molar-refractivity contribution in [1.82, 2.24) is 5.32 Å². The highest BCUT2D eigenvalue weighted by Gasteiger charge is 2.20. The predicted octanol–water partition coefficient (Wildman–Crippen LogP) is 3.57. The summed E-state index contributed by atoms with van der Waals surface area (Å²) in [6.45, 7) is 3.26. The Kier molecular flexibility index (Phi) is 3.48. The number of hydrogen-bond donors (Lipinski definition) is 1. The van der Waals surface area contributed by atoms with Crippen LogP contribution in [0.1, 0.15) is 28.5 Å². The van der Waals surface area contributed by atoms with Gasteiger partial charge in [0.2, 0.25) is 0 Å². The van der Waals surface area contributed by atoms with E-state index in [-0.39, 0.29) is 0 Å². The van der Waals surface area contributed by atoms with Crippen molar-refractivity contribution in [1.29, 1.82) is 0 Å². The highest BCUT2D eigenvalue weighted by molar-refractivity contribution is 7.10. The molecule has 0 fully saturated rings. The van der Waals surface area contributed by atoms with Crippen LogP contribution in [-0.4, -0.2) is 6.04 Å². The van der Waals surface area contributed by atoms with E-state index < -0.39 is 0 Å². The smallest absolute Gasteiger partial charge is 0.0305 e. The van der Waals surface area contributed by atoms with Crippen LogP contribution in [0.5, 0.6) is 0 Å². The fourth-order valence-corrected chi connectivity index (χ4v) is 3.70. The van der Waals surface area contributed by atoms with Crippen molar-refractivity contribution < 1.29 is 0 Å². The highest BCUT2D eigenvalue weighted by Crippen LogP contribution is 2.23. The molecule has 0 amide bonds. The van der Waals surface area contributed by atoms with Crippen LogP contribution in [-0.2, 0) is 25.8 Å². The van der Waals surface area contributed by atoms with Crippen LogP contribution in [0, 0.1) is 0 Å². The van der Waals surface area contributed by atoms with Crippen LogP contribution in [0.3, 0.4) is 0 Å². The molecule has 2 heteroatoms. The summed E-state index contributed by atoms with van der Waals surface area (Å²) in [5.74, 6) is 0. The van der Waals surface area contributed by atoms with Gasteiger partial charge in [0.15, 0.2) is 0 Å². The number of nitrogens with one attached hydrogen (secondary N) is 1. The summed E-state index contributed by atoms with van der Waals surface area (Å²) < 4.78 is 0. The molecule has 0 spiro atoms. The average molecular weight is 257 g/mol. The molecule has 0 radical (unpaired) electrons. The summed E-state index contributed by atoms with van der Waals surface area (Å²) in [6, 6.07) is 11.7. The summed E-state index contributed by atoms with van der Waals surface area (Å²) >= 11 is 1.88. The van der Waals surface area contributed by atoms with Crippen LogP contribution in [0.15, 0.2) is 35.7 Å². The SMILES string of the molecule is CCc1ccsc1CNC1Cc2ccccc2C1. The molecule has 1 aliphatic carbocycles. The maximum Gasteiger partial charge on any atom is 0.0305 e. The second-order valence-electron chi connectivity index (χ2n) is 4.98. The lowest BCUT2D eigenvalue weighted by Gasteiger charge is -2.11. The Labute approximate surface area is 113 Å². The lowest BCUT2D eigenvalue weighted by molar-refractivity contribution is 0.535. The minimum absolute atomic E-state index is 0.620. The van der Waals surface area contributed by atoms with Crippen LogP contribution in [0.2, 0.25) is 0 Å². The molecule has 94 valence electrons. The molecule has 1 aromatic carbocycles. The van der Waals surface area contributed by atoms with Crippen molar-refractivity contribution in [2.75, 3.05) is 0 Å². The van der Waals surface area contributed by atoms with Crippen molar-refractivity contribution >= 4 is 11.3 Å². The molecule has 0 atom stereocenters. The molecule has 0 unspecified atom stereocenters. The summed E-state index contributed by atoms with van der Waals surface area (Å²) in [6.07, 6.45) is 3.51. The third-order valence-corrected chi connectivity index (χ3v) is 4.78. The van der Waals surface area contributed by atoms with E-state index in [0.717, 1.165) is 13.0 Å². The first kappa shape index (κ1) is 11.9. The van der Waals surface area contributed by atoms with E-state index >= 15 is 0 Å². The molecule has 0 saturated carbocycles. The number of fused-ring (bicyclic) bond motifs is 1. The van der Waals surface area contributed by atoms with Gasteiger partial charge in [0.1, 0.15) is 0 Å². The average Bonchev–Trinajstić information content (AvgIpc) is 3.01. The van der Waals surface area contributed by atoms with Gasteiger partial charge in [-0.15, -0.1) is 11.3 Å². The first-order valence-corrected chi connectivity index (χ1v) is 7.60. The quantitative estimate of drug-likeness (QED) is 0.883. The van der Waals surface area contributed by atoms with Crippen LogP contribution >= 0.6 is 11.3 Å². The molecule has 2 aromatic rings. The maximum absolute atomic E-state index is 3.72. The van der Waals surface area contributed by atoms with Crippen LogP contribution in [0.25, 0.3) is 0 Å². The predicted molar refractivity (Wildman–Crippen MR) is 78.2 cm³/mol. The highest BCUT2D eigenvalue weighted by atomic mass is 32.1. The molecule has 1 N–H and O–H groups in total. The maximum atomic E-state index is 3.72. The van der Waals surface area contributed by atoms with Crippen LogP contribution in [0.4, 0.5) is 0 Å². The standard InChI is InChI=1S/C16H19NS/c1-2-12-7-8-18-16(12)11-17-15-9-13-5-3-4-6-14(13)10-15/h3-8,15,17H,2,9-11H2,1H3. The van der Waals surface area contributed by atoms with E-state index in [0.29, 0.717) is 6.04 Å². The minimum atomic E-state index is 0.620. The van der Waals surface area contributed by atoms with E-state index in [1.54, 1.807) is 0 Å². The van der Waals surface area contributed by atoms with Crippen molar-refractivity contribution in [2.45, 2.75) is 38.8 Å². The van der Waals surface area contributed by atoms with E-state index in [1.807, 2.05) is 11.3 Å². The summed E-state index contributed by atoms with van der Waals surface area (Å²) in [4.78, 5) is 1.51. The zero-order chi connectivity index (χ0) is 12.4. The number of benzene rings is 1. The number of rotatable bonds is 4. The van der Waals surface area contributed by atoms with Crippen molar-refractivity contribution in [2.24, 2.45) is 0 Å². The Morgan fingerprint density at radius 3 is 2.56 bits per heavy atom. The van der Waals surface area contributed by atoms with Gasteiger partial charge >= 0.3 is 0 Å². The van der Waals surface area contributed by atoms with Gasteiger partial charge in [-0.05, 0) is 47.4 Å². The van der Waals surface area contributed by atoms with Crippen molar-refractivity contribution in [3.63, 3.8) is 0 Å². The van der Waals surface area contributed by atoms with Crippen molar-refractivity contribution in [3.05, 3.63) is 57.3 Å². The summed E-state index contributed by atoms with van der Waals surface area (Å²) in [7, 11) is 0. The van der Waals surface area contributed by atoms with E-state index in [4.69, 9.17) is 0 Å². The Morgan fingerprint density at radius 1 is 1.17 bits per heavy atom. The molecular formula is C16H19NS. The number of thiophene rings is 1. The molecule has 1 aliphatic rings. The van der Waals surface area contributed by atoms with Crippen LogP contribution < -0.4 is 5.32 Å². The molecule has 18 heavy (non-hydrogen) atoms. The summed E-state index contributed by atoms with van der Waals surface area (Å²) in [5, 5.41) is 5.92. The summed E-state index contributed by atoms with van der Waals surface area (Å²) in [5.41, 5.74) is 4.55. The number of aryl methyl sites for hydroxylation is 1. The van der Waals surface area contributed by atoms with Gasteiger partial charge in [-0.1, -0.05) is 31.2 Å². The monoisotopic (exact) mass is 257 g/mol. The topological polar surface area (TPSA) is 12.0 Å². The Hall–Kier alpha value is -1.12. The molecule has 1 nitrogen and oxygen atoms in total. The van der Waals surface area contributed by atoms with E-state index in [2.05, 4.69) is 48.0 Å². The largest absolute Gasteiger partial charge is 0.308 e. The zero-order valence-electron chi connectivity index (χ0n) is 10.8. The molecule has 3 rings (SSSR count). The van der Waals surface area contributed by atoms with Gasteiger partial charge in [-0.2, -0.15) is 0 Å². The molecular weight excluding hydrogens is 238 g/mol. The number of hydrogen-bond acceptors (Lipinski definition) is 2. The van der Waals surface area contributed by atoms with Gasteiger partial charge < -0.3 is 5.32 Å². The van der Waals surface area contributed by atoms with Gasteiger partial charge in [0, 0.05) is 17.5 Å². The van der Waals surface area contributed by atoms with Gasteiger partial charge in [0.05, 0.1) is 0 Å². The Bertz CT molecular complexity index is 504. The lowest BCUT2D eigenvalue weighted by Crippen LogP contribution is -2.28. The molecule has 1 aromatic heterocycles. The molecule has 0 bridgehead atoms. The molecule has 0 aliphatic heterocycles. The molecule has 1 heterocycles. The first-order chi connectivity index (χ1) is 8.86. The fraction of sp³-hybridized carbons (Fsp3) is 0.375. The Morgan fingerprint density at radius 2 is 1.89 bits per heavy atom. The second-order valence-corrected chi connectivity index (χ2v) is 5.98. The van der Waals surface area contributed by atoms with Gasteiger partial charge in [-0.25, -0.2) is 0 Å². The first-order valence-electron chi connectivity index (χ1n) is 6.72. The van der Waals surface area contributed by atoms with E-state index in [9.17, 15) is 0 Å². The normalized spacial score (nSPS) is 14.9. The Balaban J connectivity index is 1.60. The van der Waals surface area contributed by atoms with Crippen molar-refractivity contribution in [3.8, 4) is 0 Å². The zero-order valence-corrected chi connectivity index (χ0v) is 11.6. The third kappa shape index (κ3) is 2.36. The fourth-order valence-electron chi connectivity index (χ4n) is 2.78.